The van der Waals surface area contributed by atoms with E-state index in [-0.39, 0.29) is 5.91 Å². The Morgan fingerprint density at radius 3 is 2.67 bits per heavy atom. The summed E-state index contributed by atoms with van der Waals surface area (Å²) in [6.07, 6.45) is 0.554. The molecule has 1 unspecified atom stereocenters. The molecule has 2 aromatic rings. The van der Waals surface area contributed by atoms with E-state index in [1.54, 1.807) is 25.3 Å². The topological polar surface area (TPSA) is 38.3 Å². The standard InChI is InChI=1S/C16H16ClNO2S/c1-20-14-8-7-12(17)10-13(14)18-16(19)15(21)9-11-5-3-2-4-6-11/h2-8,10,15,21H,9H2,1H3,(H,18,19). The van der Waals surface area contributed by atoms with Crippen LogP contribution in [0.25, 0.3) is 0 Å². The molecule has 2 rings (SSSR count). The molecule has 2 aromatic carbocycles. The van der Waals surface area contributed by atoms with Gasteiger partial charge in [0.25, 0.3) is 0 Å². The molecule has 0 heterocycles. The summed E-state index contributed by atoms with van der Waals surface area (Å²) in [6.45, 7) is 0. The molecule has 110 valence electrons. The Kier molecular flexibility index (Phi) is 5.53. The van der Waals surface area contributed by atoms with E-state index in [0.29, 0.717) is 22.9 Å². The number of benzene rings is 2. The first-order chi connectivity index (χ1) is 10.1. The number of amides is 1. The maximum Gasteiger partial charge on any atom is 0.237 e. The molecule has 0 bridgehead atoms. The van der Waals surface area contributed by atoms with E-state index in [2.05, 4.69) is 17.9 Å². The Hall–Kier alpha value is -1.65. The van der Waals surface area contributed by atoms with Crippen molar-refractivity contribution in [2.75, 3.05) is 12.4 Å². The third-order valence-electron chi connectivity index (χ3n) is 2.99. The van der Waals surface area contributed by atoms with Gasteiger partial charge in [-0.25, -0.2) is 0 Å². The lowest BCUT2D eigenvalue weighted by molar-refractivity contribution is -0.115. The summed E-state index contributed by atoms with van der Waals surface area (Å²) in [6, 6.07) is 14.8. The number of nitrogens with one attached hydrogen (secondary N) is 1. The molecule has 1 atom stereocenters. The molecule has 0 radical (unpaired) electrons. The first kappa shape index (κ1) is 15.7. The summed E-state index contributed by atoms with van der Waals surface area (Å²) < 4.78 is 5.20. The van der Waals surface area contributed by atoms with E-state index in [0.717, 1.165) is 5.56 Å². The number of methoxy groups -OCH3 is 1. The molecule has 3 nitrogen and oxygen atoms in total. The predicted molar refractivity (Wildman–Crippen MR) is 89.6 cm³/mol. The summed E-state index contributed by atoms with van der Waals surface area (Å²) in [4.78, 5) is 12.2. The number of thiol groups is 1. The van der Waals surface area contributed by atoms with Crippen LogP contribution in [0.15, 0.2) is 48.5 Å². The van der Waals surface area contributed by atoms with Gasteiger partial charge in [0.15, 0.2) is 0 Å². The fraction of sp³-hybridized carbons (Fsp3) is 0.188. The fourth-order valence-electron chi connectivity index (χ4n) is 1.92. The minimum Gasteiger partial charge on any atom is -0.495 e. The van der Waals surface area contributed by atoms with Gasteiger partial charge in [0.1, 0.15) is 5.75 Å². The number of ether oxygens (including phenoxy) is 1. The van der Waals surface area contributed by atoms with Crippen molar-refractivity contribution in [3.05, 3.63) is 59.1 Å². The molecule has 0 saturated carbocycles. The largest absolute Gasteiger partial charge is 0.495 e. The van der Waals surface area contributed by atoms with E-state index in [1.807, 2.05) is 30.3 Å². The zero-order valence-corrected chi connectivity index (χ0v) is 13.2. The van der Waals surface area contributed by atoms with Gasteiger partial charge in [-0.3, -0.25) is 4.79 Å². The van der Waals surface area contributed by atoms with Crippen molar-refractivity contribution in [3.8, 4) is 5.75 Å². The number of carbonyl (C=O) groups is 1. The van der Waals surface area contributed by atoms with Crippen LogP contribution in [0.1, 0.15) is 5.56 Å². The first-order valence-electron chi connectivity index (χ1n) is 6.46. The third-order valence-corrected chi connectivity index (χ3v) is 3.65. The lowest BCUT2D eigenvalue weighted by atomic mass is 10.1. The highest BCUT2D eigenvalue weighted by molar-refractivity contribution is 7.81. The van der Waals surface area contributed by atoms with Crippen molar-refractivity contribution < 1.29 is 9.53 Å². The smallest absolute Gasteiger partial charge is 0.237 e. The zero-order valence-electron chi connectivity index (χ0n) is 11.5. The Labute approximate surface area is 134 Å². The van der Waals surface area contributed by atoms with Gasteiger partial charge in [-0.15, -0.1) is 0 Å². The lowest BCUT2D eigenvalue weighted by Crippen LogP contribution is -2.25. The maximum atomic E-state index is 12.2. The second-order valence-electron chi connectivity index (χ2n) is 4.54. The van der Waals surface area contributed by atoms with Gasteiger partial charge in [-0.2, -0.15) is 12.6 Å². The van der Waals surface area contributed by atoms with Crippen LogP contribution >= 0.6 is 24.2 Å². The van der Waals surface area contributed by atoms with Crippen LogP contribution in [0, 0.1) is 0 Å². The Bertz CT molecular complexity index is 619. The predicted octanol–water partition coefficient (Wildman–Crippen LogP) is 3.83. The van der Waals surface area contributed by atoms with E-state index in [1.165, 1.54) is 0 Å². The van der Waals surface area contributed by atoms with Gasteiger partial charge in [0.05, 0.1) is 18.0 Å². The first-order valence-corrected chi connectivity index (χ1v) is 7.36. The van der Waals surface area contributed by atoms with Crippen LogP contribution in [0.5, 0.6) is 5.75 Å². The molecule has 0 aliphatic carbocycles. The molecule has 5 heteroatoms. The normalized spacial score (nSPS) is 11.8. The molecule has 0 aromatic heterocycles. The van der Waals surface area contributed by atoms with Gasteiger partial charge in [0.2, 0.25) is 5.91 Å². The highest BCUT2D eigenvalue weighted by Crippen LogP contribution is 2.28. The average Bonchev–Trinajstić information content (AvgIpc) is 2.48. The van der Waals surface area contributed by atoms with Crippen molar-refractivity contribution in [2.45, 2.75) is 11.7 Å². The number of hydrogen-bond donors (Lipinski definition) is 2. The van der Waals surface area contributed by atoms with E-state index in [9.17, 15) is 4.79 Å². The quantitative estimate of drug-likeness (QED) is 0.821. The summed E-state index contributed by atoms with van der Waals surface area (Å²) in [5.74, 6) is 0.371. The van der Waals surface area contributed by atoms with Gasteiger partial charge >= 0.3 is 0 Å². The molecule has 0 aliphatic heterocycles. The number of anilines is 1. The summed E-state index contributed by atoms with van der Waals surface area (Å²) in [7, 11) is 1.54. The molecule has 21 heavy (non-hydrogen) atoms. The second kappa shape index (κ2) is 7.38. The van der Waals surface area contributed by atoms with Crippen LogP contribution in [-0.2, 0) is 11.2 Å². The monoisotopic (exact) mass is 321 g/mol. The van der Waals surface area contributed by atoms with Crippen molar-refractivity contribution in [3.63, 3.8) is 0 Å². The van der Waals surface area contributed by atoms with Crippen LogP contribution in [-0.4, -0.2) is 18.3 Å². The van der Waals surface area contributed by atoms with Gasteiger partial charge in [-0.05, 0) is 30.2 Å². The highest BCUT2D eigenvalue weighted by atomic mass is 35.5. The molecule has 0 saturated heterocycles. The molecular weight excluding hydrogens is 306 g/mol. The number of halogens is 1. The number of hydrogen-bond acceptors (Lipinski definition) is 3. The molecule has 1 amide bonds. The van der Waals surface area contributed by atoms with Gasteiger partial charge < -0.3 is 10.1 Å². The highest BCUT2D eigenvalue weighted by Gasteiger charge is 2.16. The SMILES string of the molecule is COc1ccc(Cl)cc1NC(=O)C(S)Cc1ccccc1. The van der Waals surface area contributed by atoms with Crippen LogP contribution in [0.4, 0.5) is 5.69 Å². The maximum absolute atomic E-state index is 12.2. The fourth-order valence-corrected chi connectivity index (χ4v) is 2.37. The second-order valence-corrected chi connectivity index (χ2v) is 5.60. The van der Waals surface area contributed by atoms with Crippen LogP contribution < -0.4 is 10.1 Å². The molecule has 0 aliphatic rings. The molecule has 0 spiro atoms. The molecule has 0 fully saturated rings. The Morgan fingerprint density at radius 2 is 2.00 bits per heavy atom. The van der Waals surface area contributed by atoms with E-state index >= 15 is 0 Å². The van der Waals surface area contributed by atoms with Crippen molar-refractivity contribution in [1.82, 2.24) is 0 Å². The molecule has 1 N–H and O–H groups in total. The van der Waals surface area contributed by atoms with Crippen LogP contribution in [0.3, 0.4) is 0 Å². The number of rotatable bonds is 5. The lowest BCUT2D eigenvalue weighted by Gasteiger charge is -2.14. The van der Waals surface area contributed by atoms with Crippen molar-refractivity contribution >= 4 is 35.8 Å². The van der Waals surface area contributed by atoms with Crippen LogP contribution in [0.2, 0.25) is 5.02 Å². The third kappa shape index (κ3) is 4.41. The number of carbonyl (C=O) groups excluding carboxylic acids is 1. The minimum atomic E-state index is -0.448. The zero-order chi connectivity index (χ0) is 15.2. The van der Waals surface area contributed by atoms with Crippen molar-refractivity contribution in [2.24, 2.45) is 0 Å². The molecular formula is C16H16ClNO2S. The van der Waals surface area contributed by atoms with E-state index < -0.39 is 5.25 Å². The van der Waals surface area contributed by atoms with E-state index in [4.69, 9.17) is 16.3 Å². The van der Waals surface area contributed by atoms with Crippen molar-refractivity contribution in [1.29, 1.82) is 0 Å². The Balaban J connectivity index is 2.05. The summed E-state index contributed by atoms with van der Waals surface area (Å²) >= 11 is 10.3. The minimum absolute atomic E-state index is 0.192. The van der Waals surface area contributed by atoms with Gasteiger partial charge in [-0.1, -0.05) is 41.9 Å². The summed E-state index contributed by atoms with van der Waals surface area (Å²) in [5.41, 5.74) is 1.60. The van der Waals surface area contributed by atoms with Gasteiger partial charge in [0, 0.05) is 5.02 Å². The Morgan fingerprint density at radius 1 is 1.29 bits per heavy atom. The average molecular weight is 322 g/mol. The summed E-state index contributed by atoms with van der Waals surface area (Å²) in [5, 5.41) is 2.88.